The van der Waals surface area contributed by atoms with Gasteiger partial charge in [0.25, 0.3) is 0 Å². The highest BCUT2D eigenvalue weighted by atomic mass is 35.5. The molecule has 0 fully saturated rings. The Labute approximate surface area is 101 Å². The summed E-state index contributed by atoms with van der Waals surface area (Å²) in [5.41, 5.74) is 6.18. The molecule has 0 saturated heterocycles. The zero-order valence-electron chi connectivity index (χ0n) is 8.40. The fourth-order valence-electron chi connectivity index (χ4n) is 0.894. The monoisotopic (exact) mass is 251 g/mol. The van der Waals surface area contributed by atoms with Gasteiger partial charge in [0.1, 0.15) is 5.82 Å². The van der Waals surface area contributed by atoms with E-state index in [1.165, 1.54) is 0 Å². The molecule has 1 rings (SSSR count). The van der Waals surface area contributed by atoms with Crippen LogP contribution >= 0.6 is 24.8 Å². The van der Waals surface area contributed by atoms with Crippen LogP contribution in [0.5, 0.6) is 0 Å². The van der Waals surface area contributed by atoms with E-state index in [1.807, 2.05) is 12.1 Å². The average Bonchev–Trinajstić information content (AvgIpc) is 2.18. The third-order valence-corrected chi connectivity index (χ3v) is 1.60. The second-order valence-corrected chi connectivity index (χ2v) is 2.62. The first-order valence-electron chi connectivity index (χ1n) is 4.22. The Kier molecular flexibility index (Phi) is 9.36. The lowest BCUT2D eigenvalue weighted by molar-refractivity contribution is -0.115. The molecule has 0 aliphatic rings. The highest BCUT2D eigenvalue weighted by Gasteiger charge is 1.99. The number of rotatable bonds is 3. The van der Waals surface area contributed by atoms with Crippen molar-refractivity contribution in [2.24, 2.45) is 5.73 Å². The number of hydrogen-bond donors (Lipinski definition) is 2. The van der Waals surface area contributed by atoms with Crippen LogP contribution in [-0.2, 0) is 11.3 Å². The molecule has 0 radical (unpaired) electrons. The van der Waals surface area contributed by atoms with Crippen LogP contribution in [-0.4, -0.2) is 10.9 Å². The Morgan fingerprint density at radius 2 is 2.13 bits per heavy atom. The number of aromatic nitrogens is 1. The van der Waals surface area contributed by atoms with Crippen molar-refractivity contribution in [1.29, 1.82) is 0 Å². The van der Waals surface area contributed by atoms with Crippen LogP contribution in [0.15, 0.2) is 18.2 Å². The van der Waals surface area contributed by atoms with Crippen molar-refractivity contribution in [1.82, 2.24) is 4.98 Å². The Morgan fingerprint density at radius 1 is 1.47 bits per heavy atom. The van der Waals surface area contributed by atoms with E-state index in [0.29, 0.717) is 18.8 Å². The van der Waals surface area contributed by atoms with Gasteiger partial charge < -0.3 is 11.1 Å². The van der Waals surface area contributed by atoms with Gasteiger partial charge in [0.15, 0.2) is 0 Å². The Morgan fingerprint density at radius 3 is 2.67 bits per heavy atom. The van der Waals surface area contributed by atoms with Crippen molar-refractivity contribution in [3.8, 4) is 0 Å². The van der Waals surface area contributed by atoms with Gasteiger partial charge in [-0.2, -0.15) is 0 Å². The van der Waals surface area contributed by atoms with Gasteiger partial charge >= 0.3 is 0 Å². The third kappa shape index (κ3) is 5.57. The first kappa shape index (κ1) is 16.6. The molecule has 0 saturated carbocycles. The van der Waals surface area contributed by atoms with Gasteiger partial charge in [-0.25, -0.2) is 4.98 Å². The minimum atomic E-state index is -0.0401. The molecule has 1 aromatic heterocycles. The first-order valence-corrected chi connectivity index (χ1v) is 4.22. The maximum atomic E-state index is 11.0. The van der Waals surface area contributed by atoms with E-state index < -0.39 is 0 Å². The summed E-state index contributed by atoms with van der Waals surface area (Å²) in [6.07, 6.45) is 0.453. The van der Waals surface area contributed by atoms with E-state index in [2.05, 4.69) is 10.3 Å². The van der Waals surface area contributed by atoms with Crippen LogP contribution < -0.4 is 11.1 Å². The van der Waals surface area contributed by atoms with E-state index in [4.69, 9.17) is 5.73 Å². The smallest absolute Gasteiger partial charge is 0.225 e. The number of nitrogens with zero attached hydrogens (tertiary/aromatic N) is 1. The number of nitrogens with two attached hydrogens (primary N) is 1. The van der Waals surface area contributed by atoms with Gasteiger partial charge in [0.05, 0.1) is 5.69 Å². The molecule has 0 aliphatic heterocycles. The van der Waals surface area contributed by atoms with Crippen LogP contribution in [0, 0.1) is 0 Å². The van der Waals surface area contributed by atoms with Gasteiger partial charge in [0.2, 0.25) is 5.91 Å². The van der Waals surface area contributed by atoms with Crippen molar-refractivity contribution in [2.45, 2.75) is 19.9 Å². The molecular weight excluding hydrogens is 237 g/mol. The predicted octanol–water partition coefficient (Wildman–Crippen LogP) is 1.73. The zero-order valence-corrected chi connectivity index (χ0v) is 10.0. The molecule has 0 aliphatic carbocycles. The molecule has 3 N–H and O–H groups in total. The van der Waals surface area contributed by atoms with Crippen molar-refractivity contribution in [3.63, 3.8) is 0 Å². The van der Waals surface area contributed by atoms with Gasteiger partial charge in [-0.3, -0.25) is 4.79 Å². The average molecular weight is 252 g/mol. The summed E-state index contributed by atoms with van der Waals surface area (Å²) in [5.74, 6) is 0.525. The molecule has 4 nitrogen and oxygen atoms in total. The quantitative estimate of drug-likeness (QED) is 0.860. The molecule has 15 heavy (non-hydrogen) atoms. The fourth-order valence-corrected chi connectivity index (χ4v) is 0.894. The van der Waals surface area contributed by atoms with E-state index in [-0.39, 0.29) is 30.7 Å². The minimum Gasteiger partial charge on any atom is -0.325 e. The first-order chi connectivity index (χ1) is 6.26. The largest absolute Gasteiger partial charge is 0.325 e. The van der Waals surface area contributed by atoms with Crippen molar-refractivity contribution in [3.05, 3.63) is 23.9 Å². The van der Waals surface area contributed by atoms with Crippen LogP contribution in [0.3, 0.4) is 0 Å². The molecule has 1 amide bonds. The topological polar surface area (TPSA) is 68.0 Å². The van der Waals surface area contributed by atoms with Crippen molar-refractivity contribution >= 4 is 36.5 Å². The second kappa shape index (κ2) is 8.47. The lowest BCUT2D eigenvalue weighted by Gasteiger charge is -2.03. The molecular formula is C9H15Cl2N3O. The SMILES string of the molecule is CCC(=O)Nc1cccc(CN)n1.Cl.Cl. The van der Waals surface area contributed by atoms with E-state index in [1.54, 1.807) is 13.0 Å². The maximum absolute atomic E-state index is 11.0. The lowest BCUT2D eigenvalue weighted by Crippen LogP contribution is -2.11. The summed E-state index contributed by atoms with van der Waals surface area (Å²) >= 11 is 0. The standard InChI is InChI=1S/C9H13N3O.2ClH/c1-2-9(13)12-8-5-3-4-7(6-10)11-8;;/h3-5H,2,6,10H2,1H3,(H,11,12,13);2*1H. The van der Waals surface area contributed by atoms with E-state index >= 15 is 0 Å². The summed E-state index contributed by atoms with van der Waals surface area (Å²) in [5, 5.41) is 2.66. The summed E-state index contributed by atoms with van der Waals surface area (Å²) < 4.78 is 0. The molecule has 0 atom stereocenters. The number of amides is 1. The summed E-state index contributed by atoms with van der Waals surface area (Å²) in [7, 11) is 0. The van der Waals surface area contributed by atoms with Crippen LogP contribution in [0.2, 0.25) is 0 Å². The van der Waals surface area contributed by atoms with Gasteiger partial charge in [-0.05, 0) is 12.1 Å². The number of anilines is 1. The number of carbonyl (C=O) groups excluding carboxylic acids is 1. The van der Waals surface area contributed by atoms with Gasteiger partial charge in [0, 0.05) is 13.0 Å². The Balaban J connectivity index is 0. The lowest BCUT2D eigenvalue weighted by atomic mass is 10.3. The summed E-state index contributed by atoms with van der Waals surface area (Å²) in [4.78, 5) is 15.1. The number of halogens is 2. The molecule has 6 heteroatoms. The summed E-state index contributed by atoms with van der Waals surface area (Å²) in [6.45, 7) is 2.18. The molecule has 0 bridgehead atoms. The minimum absolute atomic E-state index is 0. The number of nitrogens with one attached hydrogen (secondary N) is 1. The van der Waals surface area contributed by atoms with E-state index in [0.717, 1.165) is 5.69 Å². The maximum Gasteiger partial charge on any atom is 0.225 e. The molecule has 0 spiro atoms. The molecule has 0 unspecified atom stereocenters. The summed E-state index contributed by atoms with van der Waals surface area (Å²) in [6, 6.07) is 5.38. The van der Waals surface area contributed by atoms with Gasteiger partial charge in [-0.15, -0.1) is 24.8 Å². The highest BCUT2D eigenvalue weighted by molar-refractivity contribution is 5.89. The van der Waals surface area contributed by atoms with Crippen LogP contribution in [0.1, 0.15) is 19.0 Å². The number of pyridine rings is 1. The molecule has 86 valence electrons. The molecule has 1 heterocycles. The second-order valence-electron chi connectivity index (χ2n) is 2.62. The number of hydrogen-bond acceptors (Lipinski definition) is 3. The Hall–Kier alpha value is -0.840. The van der Waals surface area contributed by atoms with E-state index in [9.17, 15) is 4.79 Å². The van der Waals surface area contributed by atoms with Crippen molar-refractivity contribution < 1.29 is 4.79 Å². The molecule has 0 aromatic carbocycles. The van der Waals surface area contributed by atoms with Crippen molar-refractivity contribution in [2.75, 3.05) is 5.32 Å². The predicted molar refractivity (Wildman–Crippen MR) is 65.5 cm³/mol. The fraction of sp³-hybridized carbons (Fsp3) is 0.333. The third-order valence-electron chi connectivity index (χ3n) is 1.60. The van der Waals surface area contributed by atoms with Crippen LogP contribution in [0.25, 0.3) is 0 Å². The Bertz CT molecular complexity index is 307. The van der Waals surface area contributed by atoms with Gasteiger partial charge in [-0.1, -0.05) is 13.0 Å². The zero-order chi connectivity index (χ0) is 9.68. The van der Waals surface area contributed by atoms with Crippen LogP contribution in [0.4, 0.5) is 5.82 Å². The molecule has 1 aromatic rings. The highest BCUT2D eigenvalue weighted by Crippen LogP contribution is 2.04. The number of carbonyl (C=O) groups is 1. The normalized spacial score (nSPS) is 8.40.